The lowest BCUT2D eigenvalue weighted by Gasteiger charge is -2.43. The minimum absolute atomic E-state index is 0.0708. The molecule has 2 atom stereocenters. The van der Waals surface area contributed by atoms with Crippen LogP contribution in [0.5, 0.6) is 0 Å². The van der Waals surface area contributed by atoms with E-state index in [2.05, 4.69) is 11.0 Å². The molecular formula is C21H21ClN2O2. The minimum atomic E-state index is 0.0708. The Labute approximate surface area is 157 Å². The van der Waals surface area contributed by atoms with Crippen molar-refractivity contribution in [3.63, 3.8) is 0 Å². The van der Waals surface area contributed by atoms with Crippen LogP contribution in [0.4, 0.5) is 0 Å². The minimum Gasteiger partial charge on any atom is -0.341 e. The van der Waals surface area contributed by atoms with Crippen LogP contribution in [0.15, 0.2) is 41.2 Å². The highest BCUT2D eigenvalue weighted by atomic mass is 35.5. The van der Waals surface area contributed by atoms with E-state index in [1.165, 1.54) is 0 Å². The lowest BCUT2D eigenvalue weighted by atomic mass is 9.82. The van der Waals surface area contributed by atoms with Crippen LogP contribution in [0.25, 0.3) is 11.1 Å². The van der Waals surface area contributed by atoms with Crippen molar-refractivity contribution < 1.29 is 4.79 Å². The van der Waals surface area contributed by atoms with E-state index in [-0.39, 0.29) is 17.4 Å². The molecule has 2 aliphatic heterocycles. The number of carbonyl (C=O) groups excluding carboxylic acids is 1. The van der Waals surface area contributed by atoms with Crippen LogP contribution >= 0.6 is 11.6 Å². The Bertz CT molecular complexity index is 930. The Morgan fingerprint density at radius 1 is 1.00 bits per heavy atom. The first-order valence-electron chi connectivity index (χ1n) is 9.38. The molecular weight excluding hydrogens is 348 g/mol. The molecule has 3 aliphatic rings. The number of benzene rings is 1. The quantitative estimate of drug-likeness (QED) is 0.813. The zero-order valence-electron chi connectivity index (χ0n) is 14.5. The summed E-state index contributed by atoms with van der Waals surface area (Å²) in [6, 6.07) is 11.4. The largest absolute Gasteiger partial charge is 0.341 e. The summed E-state index contributed by atoms with van der Waals surface area (Å²) in [6.45, 7) is 2.26. The summed E-state index contributed by atoms with van der Waals surface area (Å²) >= 11 is 5.97. The summed E-state index contributed by atoms with van der Waals surface area (Å²) in [7, 11) is 0. The van der Waals surface area contributed by atoms with Gasteiger partial charge < -0.3 is 9.47 Å². The Balaban J connectivity index is 1.49. The lowest BCUT2D eigenvalue weighted by Crippen LogP contribution is -2.49. The van der Waals surface area contributed by atoms with Gasteiger partial charge in [-0.3, -0.25) is 9.59 Å². The van der Waals surface area contributed by atoms with Crippen LogP contribution in [0.3, 0.4) is 0 Å². The van der Waals surface area contributed by atoms with Gasteiger partial charge in [-0.25, -0.2) is 0 Å². The summed E-state index contributed by atoms with van der Waals surface area (Å²) in [5.74, 6) is 1.25. The van der Waals surface area contributed by atoms with Crippen LogP contribution in [-0.2, 0) is 11.3 Å². The molecule has 5 heteroatoms. The van der Waals surface area contributed by atoms with Crippen molar-refractivity contribution >= 4 is 17.5 Å². The van der Waals surface area contributed by atoms with E-state index in [0.29, 0.717) is 23.4 Å². The van der Waals surface area contributed by atoms with Gasteiger partial charge in [0.05, 0.1) is 0 Å². The second-order valence-electron chi connectivity index (χ2n) is 7.91. The predicted octanol–water partition coefficient (Wildman–Crippen LogP) is 3.52. The number of pyridine rings is 1. The second kappa shape index (κ2) is 5.98. The molecule has 0 spiro atoms. The second-order valence-corrected chi connectivity index (χ2v) is 8.35. The van der Waals surface area contributed by atoms with Crippen molar-refractivity contribution in [3.8, 4) is 11.1 Å². The average Bonchev–Trinajstić information content (AvgIpc) is 3.48. The van der Waals surface area contributed by atoms with E-state index in [1.54, 1.807) is 0 Å². The molecule has 1 saturated carbocycles. The molecule has 2 unspecified atom stereocenters. The third-order valence-corrected chi connectivity index (χ3v) is 6.25. The first kappa shape index (κ1) is 16.1. The van der Waals surface area contributed by atoms with Gasteiger partial charge in [-0.1, -0.05) is 23.7 Å². The Morgan fingerprint density at radius 2 is 1.77 bits per heavy atom. The van der Waals surface area contributed by atoms with Crippen molar-refractivity contribution in [3.05, 3.63) is 57.5 Å². The van der Waals surface area contributed by atoms with Crippen LogP contribution in [-0.4, -0.2) is 28.5 Å². The van der Waals surface area contributed by atoms with Crippen LogP contribution in [0.2, 0.25) is 5.02 Å². The molecule has 0 radical (unpaired) electrons. The number of halogens is 1. The molecule has 2 bridgehead atoms. The number of amides is 1. The van der Waals surface area contributed by atoms with Gasteiger partial charge >= 0.3 is 0 Å². The fraction of sp³-hybridized carbons (Fsp3) is 0.429. The van der Waals surface area contributed by atoms with Crippen molar-refractivity contribution in [2.45, 2.75) is 31.7 Å². The van der Waals surface area contributed by atoms with Crippen LogP contribution < -0.4 is 5.56 Å². The highest BCUT2D eigenvalue weighted by Gasteiger charge is 2.40. The van der Waals surface area contributed by atoms with Crippen LogP contribution in [0.1, 0.15) is 30.9 Å². The molecule has 1 aromatic carbocycles. The van der Waals surface area contributed by atoms with Crippen molar-refractivity contribution in [1.82, 2.24) is 9.47 Å². The molecule has 5 rings (SSSR count). The normalized spacial score (nSPS) is 24.3. The maximum atomic E-state index is 13.1. The molecule has 1 aromatic heterocycles. The van der Waals surface area contributed by atoms with E-state index in [9.17, 15) is 9.59 Å². The molecule has 1 saturated heterocycles. The van der Waals surface area contributed by atoms with Gasteiger partial charge in [-0.05, 0) is 55.0 Å². The molecule has 1 amide bonds. The molecule has 26 heavy (non-hydrogen) atoms. The molecule has 2 aromatic rings. The van der Waals surface area contributed by atoms with Crippen LogP contribution in [0, 0.1) is 11.8 Å². The van der Waals surface area contributed by atoms with E-state index in [1.807, 2.05) is 34.9 Å². The highest BCUT2D eigenvalue weighted by molar-refractivity contribution is 6.30. The molecule has 1 aliphatic carbocycles. The number of fused-ring (bicyclic) bond motifs is 4. The summed E-state index contributed by atoms with van der Waals surface area (Å²) in [5.41, 5.74) is 2.77. The summed E-state index contributed by atoms with van der Waals surface area (Å²) in [6.07, 6.45) is 3.17. The highest BCUT2D eigenvalue weighted by Crippen LogP contribution is 2.39. The van der Waals surface area contributed by atoms with E-state index in [0.717, 1.165) is 49.2 Å². The van der Waals surface area contributed by atoms with Crippen molar-refractivity contribution in [2.24, 2.45) is 11.8 Å². The van der Waals surface area contributed by atoms with Gasteiger partial charge in [-0.15, -0.1) is 0 Å². The number of piperidine rings is 1. The molecule has 4 nitrogen and oxygen atoms in total. The van der Waals surface area contributed by atoms with E-state index < -0.39 is 0 Å². The Morgan fingerprint density at radius 3 is 2.50 bits per heavy atom. The first-order chi connectivity index (χ1) is 12.6. The molecule has 0 N–H and O–H groups in total. The number of hydrogen-bond donors (Lipinski definition) is 0. The topological polar surface area (TPSA) is 42.3 Å². The zero-order chi connectivity index (χ0) is 17.8. The van der Waals surface area contributed by atoms with Gasteiger partial charge in [0.2, 0.25) is 5.91 Å². The van der Waals surface area contributed by atoms with E-state index in [4.69, 9.17) is 11.6 Å². The number of likely N-dealkylation sites (tertiary alicyclic amines) is 1. The molecule has 3 heterocycles. The first-order valence-corrected chi connectivity index (χ1v) is 9.76. The summed E-state index contributed by atoms with van der Waals surface area (Å²) in [5, 5.41) is 0.668. The molecule has 134 valence electrons. The monoisotopic (exact) mass is 368 g/mol. The number of carbonyl (C=O) groups is 1. The fourth-order valence-electron chi connectivity index (χ4n) is 4.56. The number of nitrogens with zero attached hydrogens (tertiary/aromatic N) is 2. The number of rotatable bonds is 2. The number of aromatic nitrogens is 1. The fourth-order valence-corrected chi connectivity index (χ4v) is 4.69. The van der Waals surface area contributed by atoms with Crippen molar-refractivity contribution in [1.29, 1.82) is 0 Å². The molecule has 2 fully saturated rings. The number of hydrogen-bond acceptors (Lipinski definition) is 2. The average molecular weight is 369 g/mol. The van der Waals surface area contributed by atoms with Gasteiger partial charge in [-0.2, -0.15) is 0 Å². The lowest BCUT2D eigenvalue weighted by molar-refractivity contribution is -0.135. The van der Waals surface area contributed by atoms with Crippen molar-refractivity contribution in [2.75, 3.05) is 13.1 Å². The van der Waals surface area contributed by atoms with Gasteiger partial charge in [0.1, 0.15) is 0 Å². The van der Waals surface area contributed by atoms with Gasteiger partial charge in [0.15, 0.2) is 0 Å². The van der Waals surface area contributed by atoms with Gasteiger partial charge in [0, 0.05) is 47.8 Å². The third kappa shape index (κ3) is 2.67. The van der Waals surface area contributed by atoms with E-state index >= 15 is 0 Å². The zero-order valence-corrected chi connectivity index (χ0v) is 15.3. The standard InChI is InChI=1S/C21H21ClN2O2/c22-17-5-3-14(4-6-17)18-7-8-19-16-9-13(11-24(19)21(18)26)10-23(12-16)20(25)15-1-2-15/h3-8,13,15-16H,1-2,9-12H2. The smallest absolute Gasteiger partial charge is 0.258 e. The summed E-state index contributed by atoms with van der Waals surface area (Å²) < 4.78 is 1.95. The maximum absolute atomic E-state index is 13.1. The third-order valence-electron chi connectivity index (χ3n) is 6.00. The Kier molecular flexibility index (Phi) is 3.71. The predicted molar refractivity (Wildman–Crippen MR) is 101 cm³/mol. The maximum Gasteiger partial charge on any atom is 0.258 e. The van der Waals surface area contributed by atoms with Gasteiger partial charge in [0.25, 0.3) is 5.56 Å². The SMILES string of the molecule is O=C(C1CC1)N1CC2CC(C1)c1ccc(-c3ccc(Cl)cc3)c(=O)n1C2. The Hall–Kier alpha value is -2.07. The summed E-state index contributed by atoms with van der Waals surface area (Å²) in [4.78, 5) is 27.6.